The second-order valence-electron chi connectivity index (χ2n) is 38.6. The minimum absolute atomic E-state index is 0.000786. The van der Waals surface area contributed by atoms with Crippen molar-refractivity contribution >= 4 is 144 Å². The maximum absolute atomic E-state index is 14.2. The number of benzene rings is 5. The average Bonchev–Trinajstić information content (AvgIpc) is 1.55. The van der Waals surface area contributed by atoms with Gasteiger partial charge in [-0.05, 0) is 286 Å². The Balaban J connectivity index is 0.000000106. The number of primary amides is 1. The second kappa shape index (κ2) is 38.7. The lowest BCUT2D eigenvalue weighted by molar-refractivity contribution is -0.141. The van der Waals surface area contributed by atoms with Crippen LogP contribution in [0.1, 0.15) is 228 Å². The third kappa shape index (κ3) is 17.0. The summed E-state index contributed by atoms with van der Waals surface area (Å²) >= 11 is 0. The number of anilines is 2. The molecular weight excluding hydrogens is 1900 g/mol. The van der Waals surface area contributed by atoms with Crippen LogP contribution >= 0.6 is 0 Å². The molecule has 0 saturated carbocycles. The van der Waals surface area contributed by atoms with Gasteiger partial charge < -0.3 is 21.1 Å². The average molecular weight is 2000 g/mol. The number of hydrogen-bond donors (Lipinski definition) is 13. The summed E-state index contributed by atoms with van der Waals surface area (Å²) in [6, 6.07) is 19.3. The smallest absolute Gasteiger partial charge is 0.396 e. The molecule has 5 aliphatic carbocycles. The fourth-order valence-corrected chi connectivity index (χ4v) is 22.3. The zero-order valence-corrected chi connectivity index (χ0v) is 82.2. The van der Waals surface area contributed by atoms with Gasteiger partial charge in [-0.1, -0.05) is 6.92 Å². The van der Waals surface area contributed by atoms with Crippen LogP contribution in [0.2, 0.25) is 0 Å². The van der Waals surface area contributed by atoms with Crippen molar-refractivity contribution in [1.29, 1.82) is 0 Å². The lowest BCUT2D eigenvalue weighted by Gasteiger charge is -2.22. The van der Waals surface area contributed by atoms with E-state index in [0.717, 1.165) is 299 Å². The molecule has 0 aliphatic heterocycles. The van der Waals surface area contributed by atoms with E-state index >= 15 is 0 Å². The summed E-state index contributed by atoms with van der Waals surface area (Å²) in [6.07, 6.45) is 21.1. The zero-order chi connectivity index (χ0) is 103. The van der Waals surface area contributed by atoms with Gasteiger partial charge in [-0.25, -0.2) is 34.9 Å². The number of amides is 2. The molecule has 148 heavy (non-hydrogen) atoms. The van der Waals surface area contributed by atoms with Crippen LogP contribution in [-0.4, -0.2) is 191 Å². The summed E-state index contributed by atoms with van der Waals surface area (Å²) in [7, 11) is 3.50. The number of carbonyl (C=O) groups is 4. The van der Waals surface area contributed by atoms with E-state index < -0.39 is 29.5 Å². The quantitative estimate of drug-likeness (QED) is 0.0335. The van der Waals surface area contributed by atoms with E-state index in [1.165, 1.54) is 44.5 Å². The summed E-state index contributed by atoms with van der Waals surface area (Å²) in [5.74, 6) is -1.22. The molecule has 26 rings (SSSR count). The number of aliphatic hydroxyl groups excluding tert-OH is 1. The van der Waals surface area contributed by atoms with Crippen LogP contribution in [0.4, 0.5) is 38.1 Å². The number of pyridine rings is 5. The molecule has 752 valence electrons. The van der Waals surface area contributed by atoms with Crippen molar-refractivity contribution < 1.29 is 50.6 Å². The topological polar surface area (TPSA) is 507 Å². The largest absolute Gasteiger partial charge is 0.433 e. The molecule has 0 saturated heterocycles. The van der Waals surface area contributed by atoms with Gasteiger partial charge in [0, 0.05) is 139 Å². The van der Waals surface area contributed by atoms with Gasteiger partial charge in [0.2, 0.25) is 5.95 Å². The highest BCUT2D eigenvalue weighted by Gasteiger charge is 2.42. The maximum Gasteiger partial charge on any atom is 0.433 e. The van der Waals surface area contributed by atoms with Crippen molar-refractivity contribution in [2.75, 3.05) is 26.0 Å². The summed E-state index contributed by atoms with van der Waals surface area (Å²) in [4.78, 5) is 83.7. The number of aromatic amines is 10. The summed E-state index contributed by atoms with van der Waals surface area (Å²) in [5, 5.41) is 91.9. The Labute approximate surface area is 837 Å². The normalized spacial score (nSPS) is 14.0. The molecule has 16 aromatic heterocycles. The number of nitrogens with one attached hydrogen (secondary N) is 11. The number of nitrogens with two attached hydrogens (primary N) is 1. The molecule has 14 N–H and O–H groups in total. The third-order valence-electron chi connectivity index (χ3n) is 29.3. The highest BCUT2D eigenvalue weighted by molar-refractivity contribution is 6.21. The number of halogens is 6. The molecular formula is C107H102F6N30O5. The molecule has 35 nitrogen and oxygen atoms in total. The van der Waals surface area contributed by atoms with E-state index in [1.54, 1.807) is 37.3 Å². The van der Waals surface area contributed by atoms with Crippen molar-refractivity contribution in [1.82, 2.24) is 142 Å². The minimum Gasteiger partial charge on any atom is -0.396 e. The molecule has 5 aromatic carbocycles. The van der Waals surface area contributed by atoms with E-state index in [-0.39, 0.29) is 64.9 Å². The van der Waals surface area contributed by atoms with Crippen molar-refractivity contribution in [2.45, 2.75) is 202 Å². The first kappa shape index (κ1) is 96.1. The first-order valence-electron chi connectivity index (χ1n) is 49.7. The van der Waals surface area contributed by atoms with Crippen molar-refractivity contribution in [3.63, 3.8) is 0 Å². The van der Waals surface area contributed by atoms with E-state index in [9.17, 15) is 45.5 Å². The lowest BCUT2D eigenvalue weighted by atomic mass is 9.85. The van der Waals surface area contributed by atoms with Crippen LogP contribution in [0.3, 0.4) is 0 Å². The molecule has 5 aliphatic rings. The van der Waals surface area contributed by atoms with Gasteiger partial charge in [0.1, 0.15) is 11.4 Å². The first-order chi connectivity index (χ1) is 71.6. The molecule has 21 aromatic rings. The maximum atomic E-state index is 14.2. The molecule has 0 fully saturated rings. The second-order valence-corrected chi connectivity index (χ2v) is 38.6. The van der Waals surface area contributed by atoms with Gasteiger partial charge in [0.05, 0.1) is 131 Å². The zero-order valence-electron chi connectivity index (χ0n) is 82.2. The number of ketones is 2. The van der Waals surface area contributed by atoms with E-state index in [4.69, 9.17) is 30.8 Å². The predicted octanol–water partition coefficient (Wildman–Crippen LogP) is 20.4. The summed E-state index contributed by atoms with van der Waals surface area (Å²) < 4.78 is 81.9. The molecule has 0 spiro atoms. The van der Waals surface area contributed by atoms with Crippen molar-refractivity contribution in [2.24, 2.45) is 5.73 Å². The highest BCUT2D eigenvalue weighted by atomic mass is 19.4. The van der Waals surface area contributed by atoms with Gasteiger partial charge in [0.15, 0.2) is 34.5 Å². The Kier molecular flexibility index (Phi) is 25.1. The van der Waals surface area contributed by atoms with Crippen molar-refractivity contribution in [3.8, 4) is 56.3 Å². The monoisotopic (exact) mass is 2000 g/mol. The van der Waals surface area contributed by atoms with Crippen LogP contribution in [-0.2, 0) is 76.6 Å². The number of fused-ring (bicyclic) bond motifs is 25. The lowest BCUT2D eigenvalue weighted by Crippen LogP contribution is -2.22. The Morgan fingerprint density at radius 1 is 0.378 bits per heavy atom. The number of nitrogens with zero attached hydrogens (tertiary/aromatic N) is 18. The van der Waals surface area contributed by atoms with Gasteiger partial charge in [-0.15, -0.1) is 0 Å². The summed E-state index contributed by atoms with van der Waals surface area (Å²) in [5.41, 5.74) is 36.9. The fraction of sp³-hybridized carbons (Fsp3) is 0.318. The van der Waals surface area contributed by atoms with Crippen LogP contribution in [0, 0.1) is 34.6 Å². The SMILES string of the molecule is CCC(=O)c1n[nH]c2ccc3nc(-c4cn[nH]c4C)c4c(c3c12)CCCC4.Cc1[nH]ncc1-c1nc2ccc3[nH]nc(C(=O)CCCO)c3c2c2c1CCCC2.Cc1[nH]ncc1-c1nc2ccc3[nH]nc(C(=O)N(C)C)c3c2c2c1CCCC2.Cc1[nH]ncc1-c1nc2ccc3[nH]nc(C(N)=O)c3c2c2c1CCCC2.Cc1nc(Nc2n[nH]c(C(F)(F)F)c2-c2nc3ccc4[nH]ncc4c3c3c2CCCC3)ncc1C(F)(F)F. The van der Waals surface area contributed by atoms with E-state index in [2.05, 4.69) is 117 Å². The summed E-state index contributed by atoms with van der Waals surface area (Å²) in [6.45, 7) is 11.1. The third-order valence-corrected chi connectivity index (χ3v) is 29.3. The number of Topliss-reactive ketones (excluding diaryl/α,β-unsaturated/α-hetero) is 2. The van der Waals surface area contributed by atoms with E-state index in [1.807, 2.05) is 113 Å². The number of carbonyl (C=O) groups excluding carboxylic acids is 4. The predicted molar refractivity (Wildman–Crippen MR) is 549 cm³/mol. The number of aliphatic hydroxyl groups is 1. The van der Waals surface area contributed by atoms with Crippen molar-refractivity contribution in [3.05, 3.63) is 216 Å². The Morgan fingerprint density at radius 3 is 1.09 bits per heavy atom. The molecule has 0 unspecified atom stereocenters. The molecule has 0 bridgehead atoms. The number of rotatable bonds is 15. The minimum atomic E-state index is -4.81. The number of hydrogen-bond acceptors (Lipinski definition) is 23. The van der Waals surface area contributed by atoms with Gasteiger partial charge >= 0.3 is 12.4 Å². The van der Waals surface area contributed by atoms with E-state index in [0.29, 0.717) is 60.0 Å². The Bertz CT molecular complexity index is 8920. The molecule has 0 radical (unpaired) electrons. The number of H-pyrrole nitrogens is 10. The first-order valence-corrected chi connectivity index (χ1v) is 49.7. The Morgan fingerprint density at radius 2 is 0.723 bits per heavy atom. The number of aromatic nitrogens is 27. The Hall–Kier alpha value is -16.8. The number of alkyl halides is 6. The van der Waals surface area contributed by atoms with Crippen LogP contribution < -0.4 is 11.1 Å². The molecule has 16 heterocycles. The molecule has 0 atom stereocenters. The molecule has 2 amide bonds. The van der Waals surface area contributed by atoms with Crippen LogP contribution in [0.15, 0.2) is 97.8 Å². The van der Waals surface area contributed by atoms with Gasteiger partial charge in [-0.2, -0.15) is 77.3 Å². The fourth-order valence-electron chi connectivity index (χ4n) is 22.3. The van der Waals surface area contributed by atoms with Crippen LogP contribution in [0.5, 0.6) is 0 Å². The highest BCUT2D eigenvalue weighted by Crippen LogP contribution is 2.50. The van der Waals surface area contributed by atoms with Gasteiger partial charge in [-0.3, -0.25) is 70.2 Å². The standard InChI is InChI=1S/C24H18F6N8.C22H23N5O2.C21H22N6O.C21H21N5O.C19H18N6O/c1-10-14(23(25,26)27)9-31-22(33-10)35-21-18(20(37-38-21)24(28,29)30)19-12-5-3-2-4-11(12)17-13-8-32-36-15(13)6-7-16(17)34-19;1-12-15(11-23-25-12)21-14-6-3-2-5-13(14)19-16(24-21)8-9-17-20(19)22(27-26-17)18(29)7-4-10-28;1-11-14(10-22-24-11)19-13-7-5-4-6-12(13)17-15(23-19)8-9-16-18(17)20(26-25-16)21(28)27(2)3;1-3-17(27)21-19-16(25-26-21)9-8-15-18(19)12-6-4-5-7-13(12)20(23-15)14-10-22-24-11(14)2;1-9-12(8-21-23-9)17-11-5-3-2-4-10(11)15-13(22-17)6-7-14-16(15)18(19(20)26)25-24-14/h6-9H,2-5H2,1H3,(H,32,36)(H2,31,33,35,37,38);8-9,11,28H,2-7,10H2,1H3,(H,23,25)(H,26,27);8-10H,4-7H2,1-3H3,(H,22,24)(H,25,26);8-10H,3-7H2,1-2H3,(H,22,24)(H,25,26);6-8H,2-5H2,1H3,(H2,20,26)(H,21,23)(H,24,25). The van der Waals surface area contributed by atoms with Gasteiger partial charge in [0.25, 0.3) is 11.8 Å². The number of aryl methyl sites for hydroxylation is 10. The van der Waals surface area contributed by atoms with Crippen LogP contribution in [0.25, 0.3) is 165 Å². The molecule has 41 heteroatoms.